The fraction of sp³-hybridized carbons (Fsp3) is 0.400. The molecule has 2 aromatic rings. The molecule has 1 aliphatic rings. The van der Waals surface area contributed by atoms with Crippen molar-refractivity contribution < 1.29 is 19.1 Å². The molecule has 1 aromatic heterocycles. The van der Waals surface area contributed by atoms with E-state index in [2.05, 4.69) is 15.3 Å². The van der Waals surface area contributed by atoms with Crippen molar-refractivity contribution in [2.75, 3.05) is 39.2 Å². The fourth-order valence-corrected chi connectivity index (χ4v) is 3.25. The number of aryl methyl sites for hydroxylation is 1. The molecule has 8 heteroatoms. The van der Waals surface area contributed by atoms with Crippen molar-refractivity contribution in [3.63, 3.8) is 0 Å². The van der Waals surface area contributed by atoms with E-state index in [1.54, 1.807) is 37.3 Å². The van der Waals surface area contributed by atoms with Gasteiger partial charge in [-0.25, -0.2) is 9.97 Å². The van der Waals surface area contributed by atoms with Crippen molar-refractivity contribution in [1.29, 1.82) is 0 Å². The Morgan fingerprint density at radius 2 is 2.07 bits per heavy atom. The van der Waals surface area contributed by atoms with Crippen LogP contribution in [0.3, 0.4) is 0 Å². The number of nitrogens with one attached hydrogen (secondary N) is 1. The Morgan fingerprint density at radius 1 is 1.29 bits per heavy atom. The number of methoxy groups -OCH3 is 2. The molecule has 28 heavy (non-hydrogen) atoms. The molecule has 2 heterocycles. The number of nitrogens with zero attached hydrogens (tertiary/aromatic N) is 3. The van der Waals surface area contributed by atoms with Gasteiger partial charge < -0.3 is 19.7 Å². The molecule has 2 amide bonds. The molecule has 1 unspecified atom stereocenters. The highest BCUT2D eigenvalue weighted by atomic mass is 16.5. The van der Waals surface area contributed by atoms with Crippen LogP contribution in [0, 0.1) is 6.92 Å². The Bertz CT molecular complexity index is 871. The van der Waals surface area contributed by atoms with E-state index < -0.39 is 0 Å². The number of carbonyl (C=O) groups is 2. The molecule has 0 aliphatic carbocycles. The van der Waals surface area contributed by atoms with Gasteiger partial charge in [0.15, 0.2) is 0 Å². The second kappa shape index (κ2) is 8.79. The van der Waals surface area contributed by atoms with Crippen molar-refractivity contribution in [2.24, 2.45) is 0 Å². The third kappa shape index (κ3) is 4.28. The maximum atomic E-state index is 12.6. The number of ether oxygens (including phenoxy) is 2. The van der Waals surface area contributed by atoms with Gasteiger partial charge >= 0.3 is 0 Å². The number of aromatic nitrogens is 2. The third-order valence-corrected chi connectivity index (χ3v) is 4.77. The molecule has 3 rings (SSSR count). The lowest BCUT2D eigenvalue weighted by Crippen LogP contribution is -2.31. The van der Waals surface area contributed by atoms with Gasteiger partial charge in [-0.3, -0.25) is 9.59 Å². The van der Waals surface area contributed by atoms with Crippen LogP contribution in [0.5, 0.6) is 5.75 Å². The highest BCUT2D eigenvalue weighted by Crippen LogP contribution is 2.26. The molecule has 1 saturated heterocycles. The summed E-state index contributed by atoms with van der Waals surface area (Å²) in [5.41, 5.74) is 1.58. The van der Waals surface area contributed by atoms with Crippen molar-refractivity contribution in [3.8, 4) is 5.75 Å². The Morgan fingerprint density at radius 3 is 2.79 bits per heavy atom. The van der Waals surface area contributed by atoms with Crippen LogP contribution < -0.4 is 10.1 Å². The monoisotopic (exact) mass is 384 g/mol. The predicted molar refractivity (Wildman–Crippen MR) is 104 cm³/mol. The van der Waals surface area contributed by atoms with Crippen LogP contribution in [0.25, 0.3) is 0 Å². The molecule has 148 valence electrons. The topological polar surface area (TPSA) is 93.7 Å². The smallest absolute Gasteiger partial charge is 0.259 e. The maximum Gasteiger partial charge on any atom is 0.259 e. The van der Waals surface area contributed by atoms with E-state index in [4.69, 9.17) is 9.47 Å². The summed E-state index contributed by atoms with van der Waals surface area (Å²) in [5, 5.41) is 2.83. The van der Waals surface area contributed by atoms with E-state index in [9.17, 15) is 9.59 Å². The number of rotatable bonds is 6. The van der Waals surface area contributed by atoms with Crippen molar-refractivity contribution in [3.05, 3.63) is 47.5 Å². The lowest BCUT2D eigenvalue weighted by Gasteiger charge is -2.16. The van der Waals surface area contributed by atoms with Crippen LogP contribution in [0.1, 0.15) is 34.2 Å². The zero-order chi connectivity index (χ0) is 20.1. The van der Waals surface area contributed by atoms with Crippen LogP contribution in [0.4, 0.5) is 5.69 Å². The first-order valence-electron chi connectivity index (χ1n) is 9.08. The number of hydrogen-bond acceptors (Lipinski definition) is 6. The normalized spacial score (nSPS) is 16.1. The van der Waals surface area contributed by atoms with Crippen LogP contribution in [0.15, 0.2) is 30.5 Å². The van der Waals surface area contributed by atoms with Crippen LogP contribution in [-0.4, -0.2) is 60.6 Å². The zero-order valence-corrected chi connectivity index (χ0v) is 16.3. The van der Waals surface area contributed by atoms with Crippen molar-refractivity contribution in [2.45, 2.75) is 19.3 Å². The summed E-state index contributed by atoms with van der Waals surface area (Å²) in [6.45, 7) is 3.08. The molecule has 0 bridgehead atoms. The summed E-state index contributed by atoms with van der Waals surface area (Å²) in [6.07, 6.45) is 2.34. The summed E-state index contributed by atoms with van der Waals surface area (Å²) in [6, 6.07) is 7.20. The molecule has 0 saturated carbocycles. The Labute approximate surface area is 163 Å². The number of para-hydroxylation sites is 2. The van der Waals surface area contributed by atoms with Gasteiger partial charge in [-0.15, -0.1) is 0 Å². The molecule has 0 radical (unpaired) electrons. The second-order valence-corrected chi connectivity index (χ2v) is 6.64. The SMILES string of the molecule is COCC(=O)N1CCC(c2ncc(C(=O)Nc3ccccc3OC)c(C)n2)C1. The minimum atomic E-state index is -0.295. The molecule has 1 fully saturated rings. The summed E-state index contributed by atoms with van der Waals surface area (Å²) >= 11 is 0. The van der Waals surface area contributed by atoms with E-state index in [0.29, 0.717) is 41.6 Å². The van der Waals surface area contributed by atoms with Crippen LogP contribution >= 0.6 is 0 Å². The molecular weight excluding hydrogens is 360 g/mol. The number of hydrogen-bond donors (Lipinski definition) is 1. The fourth-order valence-electron chi connectivity index (χ4n) is 3.25. The van der Waals surface area contributed by atoms with Gasteiger partial charge in [0.25, 0.3) is 5.91 Å². The Kier molecular flexibility index (Phi) is 6.20. The van der Waals surface area contributed by atoms with Gasteiger partial charge in [-0.1, -0.05) is 12.1 Å². The summed E-state index contributed by atoms with van der Waals surface area (Å²) in [4.78, 5) is 35.3. The Hall–Kier alpha value is -3.00. The van der Waals surface area contributed by atoms with Gasteiger partial charge in [-0.2, -0.15) is 0 Å². The largest absolute Gasteiger partial charge is 0.495 e. The number of likely N-dealkylation sites (tertiary alicyclic amines) is 1. The van der Waals surface area contributed by atoms with E-state index in [1.807, 2.05) is 12.1 Å². The third-order valence-electron chi connectivity index (χ3n) is 4.77. The van der Waals surface area contributed by atoms with Crippen molar-refractivity contribution in [1.82, 2.24) is 14.9 Å². The quantitative estimate of drug-likeness (QED) is 0.819. The average molecular weight is 384 g/mol. The van der Waals surface area contributed by atoms with Crippen LogP contribution in [-0.2, 0) is 9.53 Å². The minimum absolute atomic E-state index is 0.0328. The predicted octanol–water partition coefficient (Wildman–Crippen LogP) is 2.01. The van der Waals surface area contributed by atoms with Gasteiger partial charge in [0.1, 0.15) is 18.2 Å². The van der Waals surface area contributed by atoms with Crippen molar-refractivity contribution >= 4 is 17.5 Å². The lowest BCUT2D eigenvalue weighted by atomic mass is 10.1. The molecule has 1 N–H and O–H groups in total. The molecule has 1 aromatic carbocycles. The van der Waals surface area contributed by atoms with Gasteiger partial charge in [0, 0.05) is 32.3 Å². The maximum absolute atomic E-state index is 12.6. The number of carbonyl (C=O) groups excluding carboxylic acids is 2. The van der Waals surface area contributed by atoms with Crippen LogP contribution in [0.2, 0.25) is 0 Å². The highest BCUT2D eigenvalue weighted by molar-refractivity contribution is 6.05. The highest BCUT2D eigenvalue weighted by Gasteiger charge is 2.29. The minimum Gasteiger partial charge on any atom is -0.495 e. The number of amides is 2. The molecule has 1 atom stereocenters. The van der Waals surface area contributed by atoms with E-state index in [0.717, 1.165) is 6.42 Å². The molecule has 0 spiro atoms. The number of anilines is 1. The van der Waals surface area contributed by atoms with Gasteiger partial charge in [0.05, 0.1) is 24.1 Å². The van der Waals surface area contributed by atoms with E-state index in [1.165, 1.54) is 7.11 Å². The molecular formula is C20H24N4O4. The Balaban J connectivity index is 1.70. The van der Waals surface area contributed by atoms with E-state index >= 15 is 0 Å². The lowest BCUT2D eigenvalue weighted by molar-refractivity contribution is -0.134. The first kappa shape index (κ1) is 19.8. The average Bonchev–Trinajstić information content (AvgIpc) is 3.19. The molecule has 8 nitrogen and oxygen atoms in total. The zero-order valence-electron chi connectivity index (χ0n) is 16.3. The number of benzene rings is 1. The van der Waals surface area contributed by atoms with Gasteiger partial charge in [-0.05, 0) is 25.5 Å². The summed E-state index contributed by atoms with van der Waals surface area (Å²) < 4.78 is 10.2. The first-order valence-corrected chi connectivity index (χ1v) is 9.08. The summed E-state index contributed by atoms with van der Waals surface area (Å²) in [7, 11) is 3.06. The molecule has 1 aliphatic heterocycles. The second-order valence-electron chi connectivity index (χ2n) is 6.64. The summed E-state index contributed by atoms with van der Waals surface area (Å²) in [5.74, 6) is 0.967. The first-order chi connectivity index (χ1) is 13.5. The van der Waals surface area contributed by atoms with Gasteiger partial charge in [0.2, 0.25) is 5.91 Å². The van der Waals surface area contributed by atoms with E-state index in [-0.39, 0.29) is 24.3 Å². The standard InChI is InChI=1S/C20H24N4O4/c1-13-15(20(26)23-16-6-4-5-7-17(16)28-3)10-21-19(22-13)14-8-9-24(11-14)18(25)12-27-2/h4-7,10,14H,8-9,11-12H2,1-3H3,(H,23,26).